The van der Waals surface area contributed by atoms with Crippen molar-refractivity contribution < 1.29 is 19.1 Å². The zero-order chi connectivity index (χ0) is 20.1. The first-order valence-electron chi connectivity index (χ1n) is 9.48. The Balaban J connectivity index is 1.61. The van der Waals surface area contributed by atoms with Crippen LogP contribution < -0.4 is 20.1 Å². The third kappa shape index (κ3) is 4.82. The second kappa shape index (κ2) is 8.78. The molecule has 6 heteroatoms. The van der Waals surface area contributed by atoms with Gasteiger partial charge in [-0.15, -0.1) is 0 Å². The highest BCUT2D eigenvalue weighted by atomic mass is 16.6. The lowest BCUT2D eigenvalue weighted by molar-refractivity contribution is -0.124. The van der Waals surface area contributed by atoms with Gasteiger partial charge in [0.15, 0.2) is 11.5 Å². The number of fused-ring (bicyclic) bond motifs is 1. The van der Waals surface area contributed by atoms with Gasteiger partial charge in [0.2, 0.25) is 5.91 Å². The third-order valence-electron chi connectivity index (χ3n) is 4.62. The molecular weight excluding hydrogens is 356 g/mol. The van der Waals surface area contributed by atoms with E-state index in [1.807, 2.05) is 51.1 Å². The van der Waals surface area contributed by atoms with Crippen molar-refractivity contribution in [3.63, 3.8) is 0 Å². The molecule has 2 N–H and O–H groups in total. The molecule has 0 aromatic heterocycles. The molecule has 0 saturated carbocycles. The lowest BCUT2D eigenvalue weighted by Crippen LogP contribution is -2.49. The van der Waals surface area contributed by atoms with Crippen molar-refractivity contribution >= 4 is 11.8 Å². The van der Waals surface area contributed by atoms with Crippen LogP contribution in [0, 0.1) is 12.8 Å². The third-order valence-corrected chi connectivity index (χ3v) is 4.62. The Hall–Kier alpha value is -3.02. The van der Waals surface area contributed by atoms with Crippen LogP contribution in [0.4, 0.5) is 0 Å². The first kappa shape index (κ1) is 19.7. The molecule has 1 aliphatic rings. The Morgan fingerprint density at radius 3 is 2.36 bits per heavy atom. The SMILES string of the molecule is Cc1ccc(C(=O)N[C@H](C(=O)NCc2ccc3c(c2)OCCO3)C(C)C)cc1. The average molecular weight is 382 g/mol. The standard InChI is InChI=1S/C22H26N2O4/c1-14(2)20(24-21(25)17-7-4-15(3)5-8-17)22(26)23-13-16-6-9-18-19(12-16)28-11-10-27-18/h4-9,12,14,20H,10-11,13H2,1-3H3,(H,23,26)(H,24,25)/t20-/m0/s1. The molecule has 0 spiro atoms. The van der Waals surface area contributed by atoms with Crippen molar-refractivity contribution in [3.05, 3.63) is 59.2 Å². The fourth-order valence-corrected chi connectivity index (χ4v) is 2.96. The van der Waals surface area contributed by atoms with Crippen LogP contribution in [0.1, 0.15) is 35.3 Å². The van der Waals surface area contributed by atoms with E-state index in [0.29, 0.717) is 36.8 Å². The number of hydrogen-bond acceptors (Lipinski definition) is 4. The van der Waals surface area contributed by atoms with Gasteiger partial charge in [-0.25, -0.2) is 0 Å². The summed E-state index contributed by atoms with van der Waals surface area (Å²) < 4.78 is 11.1. The number of aryl methyl sites for hydroxylation is 1. The van der Waals surface area contributed by atoms with E-state index in [-0.39, 0.29) is 17.7 Å². The van der Waals surface area contributed by atoms with Gasteiger partial charge in [0, 0.05) is 12.1 Å². The van der Waals surface area contributed by atoms with Gasteiger partial charge in [-0.3, -0.25) is 9.59 Å². The fraction of sp³-hybridized carbons (Fsp3) is 0.364. The normalized spacial score (nSPS) is 13.7. The molecule has 1 atom stereocenters. The molecule has 0 aliphatic carbocycles. The highest BCUT2D eigenvalue weighted by Crippen LogP contribution is 2.30. The molecule has 2 aromatic carbocycles. The molecule has 28 heavy (non-hydrogen) atoms. The number of nitrogens with one attached hydrogen (secondary N) is 2. The van der Waals surface area contributed by atoms with E-state index >= 15 is 0 Å². The lowest BCUT2D eigenvalue weighted by Gasteiger charge is -2.22. The first-order valence-corrected chi connectivity index (χ1v) is 9.48. The number of carbonyl (C=O) groups excluding carboxylic acids is 2. The molecule has 0 unspecified atom stereocenters. The first-order chi connectivity index (χ1) is 13.4. The maximum absolute atomic E-state index is 12.7. The van der Waals surface area contributed by atoms with Gasteiger partial charge in [0.25, 0.3) is 5.91 Å². The Morgan fingerprint density at radius 1 is 1.00 bits per heavy atom. The largest absolute Gasteiger partial charge is 0.486 e. The summed E-state index contributed by atoms with van der Waals surface area (Å²) in [7, 11) is 0. The Kier molecular flexibility index (Phi) is 6.19. The molecule has 148 valence electrons. The summed E-state index contributed by atoms with van der Waals surface area (Å²) in [5.74, 6) is 0.881. The van der Waals surface area contributed by atoms with Crippen molar-refractivity contribution in [1.29, 1.82) is 0 Å². The monoisotopic (exact) mass is 382 g/mol. The number of carbonyl (C=O) groups is 2. The zero-order valence-electron chi connectivity index (χ0n) is 16.5. The topological polar surface area (TPSA) is 76.7 Å². The summed E-state index contributed by atoms with van der Waals surface area (Å²) in [6, 6.07) is 12.3. The second-order valence-electron chi connectivity index (χ2n) is 7.26. The van der Waals surface area contributed by atoms with Gasteiger partial charge in [-0.1, -0.05) is 37.6 Å². The molecule has 3 rings (SSSR count). The van der Waals surface area contributed by atoms with Crippen molar-refractivity contribution in [3.8, 4) is 11.5 Å². The van der Waals surface area contributed by atoms with E-state index in [1.165, 1.54) is 0 Å². The molecular formula is C22H26N2O4. The van der Waals surface area contributed by atoms with Crippen molar-refractivity contribution in [2.45, 2.75) is 33.4 Å². The van der Waals surface area contributed by atoms with E-state index in [4.69, 9.17) is 9.47 Å². The summed E-state index contributed by atoms with van der Waals surface area (Å²) in [5.41, 5.74) is 2.52. The van der Waals surface area contributed by atoms with E-state index in [9.17, 15) is 9.59 Å². The molecule has 0 saturated heterocycles. The second-order valence-corrected chi connectivity index (χ2v) is 7.26. The summed E-state index contributed by atoms with van der Waals surface area (Å²) in [5, 5.41) is 5.75. The summed E-state index contributed by atoms with van der Waals surface area (Å²) >= 11 is 0. The molecule has 6 nitrogen and oxygen atoms in total. The van der Waals surface area contributed by atoms with Crippen LogP contribution in [0.25, 0.3) is 0 Å². The van der Waals surface area contributed by atoms with E-state index in [0.717, 1.165) is 11.1 Å². The minimum absolute atomic E-state index is 0.0466. The Morgan fingerprint density at radius 2 is 1.68 bits per heavy atom. The Labute approximate surface area is 165 Å². The van der Waals surface area contributed by atoms with Gasteiger partial charge >= 0.3 is 0 Å². The minimum atomic E-state index is -0.619. The number of benzene rings is 2. The Bertz CT molecular complexity index is 846. The number of rotatable bonds is 6. The van der Waals surface area contributed by atoms with Crippen molar-refractivity contribution in [1.82, 2.24) is 10.6 Å². The van der Waals surface area contributed by atoms with Crippen LogP contribution in [0.2, 0.25) is 0 Å². The number of hydrogen-bond donors (Lipinski definition) is 2. The maximum Gasteiger partial charge on any atom is 0.251 e. The molecule has 0 radical (unpaired) electrons. The average Bonchev–Trinajstić information content (AvgIpc) is 2.70. The van der Waals surface area contributed by atoms with Crippen LogP contribution in [0.3, 0.4) is 0 Å². The van der Waals surface area contributed by atoms with E-state index in [1.54, 1.807) is 12.1 Å². The van der Waals surface area contributed by atoms with Crippen LogP contribution in [0.5, 0.6) is 11.5 Å². The molecule has 1 heterocycles. The quantitative estimate of drug-likeness (QED) is 0.805. The highest BCUT2D eigenvalue weighted by Gasteiger charge is 2.24. The highest BCUT2D eigenvalue weighted by molar-refractivity contribution is 5.97. The predicted octanol–water partition coefficient (Wildman–Crippen LogP) is 2.84. The number of amides is 2. The summed E-state index contributed by atoms with van der Waals surface area (Å²) in [6.45, 7) is 7.18. The van der Waals surface area contributed by atoms with Crippen LogP contribution in [-0.4, -0.2) is 31.1 Å². The summed E-state index contributed by atoms with van der Waals surface area (Å²) in [6.07, 6.45) is 0. The van der Waals surface area contributed by atoms with Crippen molar-refractivity contribution in [2.24, 2.45) is 5.92 Å². The van der Waals surface area contributed by atoms with Crippen LogP contribution >= 0.6 is 0 Å². The minimum Gasteiger partial charge on any atom is -0.486 e. The molecule has 0 fully saturated rings. The van der Waals surface area contributed by atoms with Crippen LogP contribution in [0.15, 0.2) is 42.5 Å². The van der Waals surface area contributed by atoms with E-state index < -0.39 is 6.04 Å². The fourth-order valence-electron chi connectivity index (χ4n) is 2.96. The zero-order valence-corrected chi connectivity index (χ0v) is 16.5. The molecule has 1 aliphatic heterocycles. The molecule has 2 aromatic rings. The number of ether oxygens (including phenoxy) is 2. The van der Waals surface area contributed by atoms with Gasteiger partial charge < -0.3 is 20.1 Å². The van der Waals surface area contributed by atoms with Gasteiger partial charge in [-0.2, -0.15) is 0 Å². The van der Waals surface area contributed by atoms with Gasteiger partial charge in [0.05, 0.1) is 0 Å². The van der Waals surface area contributed by atoms with Crippen LogP contribution in [-0.2, 0) is 11.3 Å². The lowest BCUT2D eigenvalue weighted by atomic mass is 10.0. The predicted molar refractivity (Wildman–Crippen MR) is 107 cm³/mol. The van der Waals surface area contributed by atoms with Gasteiger partial charge in [-0.05, 0) is 42.7 Å². The summed E-state index contributed by atoms with van der Waals surface area (Å²) in [4.78, 5) is 25.2. The van der Waals surface area contributed by atoms with E-state index in [2.05, 4.69) is 10.6 Å². The van der Waals surface area contributed by atoms with Crippen molar-refractivity contribution in [2.75, 3.05) is 13.2 Å². The molecule has 0 bridgehead atoms. The van der Waals surface area contributed by atoms with Gasteiger partial charge in [0.1, 0.15) is 19.3 Å². The smallest absolute Gasteiger partial charge is 0.251 e. The molecule has 2 amide bonds. The maximum atomic E-state index is 12.7.